The van der Waals surface area contributed by atoms with Gasteiger partial charge in [-0.15, -0.1) is 0 Å². The molecule has 0 radical (unpaired) electrons. The van der Waals surface area contributed by atoms with Crippen molar-refractivity contribution in [1.82, 2.24) is 16.0 Å². The summed E-state index contributed by atoms with van der Waals surface area (Å²) in [4.78, 5) is 36.4. The Morgan fingerprint density at radius 1 is 0.679 bits per heavy atom. The molecule has 28 heavy (non-hydrogen) atoms. The van der Waals surface area contributed by atoms with E-state index in [4.69, 9.17) is 0 Å². The van der Waals surface area contributed by atoms with Crippen molar-refractivity contribution in [2.45, 2.75) is 72.5 Å². The first-order valence-corrected chi connectivity index (χ1v) is 9.51. The van der Waals surface area contributed by atoms with Crippen LogP contribution in [0.25, 0.3) is 0 Å². The van der Waals surface area contributed by atoms with Crippen LogP contribution < -0.4 is 16.0 Å². The van der Waals surface area contributed by atoms with Crippen molar-refractivity contribution in [3.05, 3.63) is 38.0 Å². The maximum atomic E-state index is 12.2. The second-order valence-corrected chi connectivity index (χ2v) is 9.41. The number of amides is 3. The van der Waals surface area contributed by atoms with E-state index in [1.54, 1.807) is 0 Å². The standard InChI is InChI=1S/C22H37N3O3/c1-10-17(26)23-15(13-21(4,5)6)20(25-19(28)12-3)16(14-22(7,8)9)24-18(27)11-2/h10-12,15-16,20H,1-3,13-14H2,4-9H3,(H,23,26)(H,24,27)(H,25,28). The Morgan fingerprint density at radius 2 is 0.964 bits per heavy atom. The maximum absolute atomic E-state index is 12.2. The van der Waals surface area contributed by atoms with E-state index in [9.17, 15) is 14.4 Å². The Balaban J connectivity index is 6.15. The summed E-state index contributed by atoms with van der Waals surface area (Å²) in [5.74, 6) is -1.04. The van der Waals surface area contributed by atoms with E-state index in [0.717, 1.165) is 0 Å². The third kappa shape index (κ3) is 10.7. The smallest absolute Gasteiger partial charge is 0.243 e. The second-order valence-electron chi connectivity index (χ2n) is 9.41. The molecule has 158 valence electrons. The van der Waals surface area contributed by atoms with Gasteiger partial charge in [0.2, 0.25) is 17.7 Å². The molecular formula is C22H37N3O3. The quantitative estimate of drug-likeness (QED) is 0.501. The summed E-state index contributed by atoms with van der Waals surface area (Å²) in [6.07, 6.45) is 4.74. The third-order valence-corrected chi connectivity index (χ3v) is 4.05. The normalized spacial score (nSPS) is 14.8. The lowest BCUT2D eigenvalue weighted by Gasteiger charge is -2.39. The third-order valence-electron chi connectivity index (χ3n) is 4.05. The number of rotatable bonds is 10. The van der Waals surface area contributed by atoms with Gasteiger partial charge in [-0.05, 0) is 41.9 Å². The molecule has 0 aliphatic heterocycles. The fourth-order valence-corrected chi connectivity index (χ4v) is 3.04. The first-order chi connectivity index (χ1) is 12.7. The summed E-state index contributed by atoms with van der Waals surface area (Å²) < 4.78 is 0. The van der Waals surface area contributed by atoms with Gasteiger partial charge in [-0.3, -0.25) is 14.4 Å². The Kier molecular flexibility index (Phi) is 9.92. The number of nitrogens with one attached hydrogen (secondary N) is 3. The van der Waals surface area contributed by atoms with Gasteiger partial charge in [-0.2, -0.15) is 0 Å². The molecule has 0 aliphatic carbocycles. The fraction of sp³-hybridized carbons (Fsp3) is 0.591. The topological polar surface area (TPSA) is 87.3 Å². The van der Waals surface area contributed by atoms with Gasteiger partial charge in [0.25, 0.3) is 0 Å². The molecule has 2 atom stereocenters. The van der Waals surface area contributed by atoms with Crippen molar-refractivity contribution >= 4 is 17.7 Å². The van der Waals surface area contributed by atoms with Gasteiger partial charge in [0.1, 0.15) is 0 Å². The molecule has 0 spiro atoms. The summed E-state index contributed by atoms with van der Waals surface area (Å²) in [5, 5.41) is 8.77. The van der Waals surface area contributed by atoms with Crippen LogP contribution in [-0.4, -0.2) is 35.8 Å². The molecule has 0 saturated heterocycles. The number of hydrogen-bond donors (Lipinski definition) is 3. The van der Waals surface area contributed by atoms with Crippen LogP contribution in [0.2, 0.25) is 0 Å². The molecule has 6 nitrogen and oxygen atoms in total. The van der Waals surface area contributed by atoms with Crippen LogP contribution in [0.5, 0.6) is 0 Å². The van der Waals surface area contributed by atoms with E-state index in [-0.39, 0.29) is 28.6 Å². The van der Waals surface area contributed by atoms with E-state index < -0.39 is 18.1 Å². The minimum absolute atomic E-state index is 0.134. The van der Waals surface area contributed by atoms with Crippen molar-refractivity contribution in [2.75, 3.05) is 0 Å². The Hall–Kier alpha value is -2.37. The van der Waals surface area contributed by atoms with Gasteiger partial charge in [0.05, 0.1) is 18.1 Å². The zero-order chi connectivity index (χ0) is 22.1. The van der Waals surface area contributed by atoms with Crippen molar-refractivity contribution in [1.29, 1.82) is 0 Å². The average Bonchev–Trinajstić information content (AvgIpc) is 2.55. The summed E-state index contributed by atoms with van der Waals surface area (Å²) in [6.45, 7) is 22.8. The lowest BCUT2D eigenvalue weighted by atomic mass is 9.79. The molecule has 3 amide bonds. The molecule has 0 saturated carbocycles. The molecule has 0 heterocycles. The van der Waals surface area contributed by atoms with Gasteiger partial charge in [-0.25, -0.2) is 0 Å². The highest BCUT2D eigenvalue weighted by atomic mass is 16.2. The van der Waals surface area contributed by atoms with Crippen LogP contribution in [-0.2, 0) is 14.4 Å². The molecular weight excluding hydrogens is 354 g/mol. The molecule has 0 aromatic heterocycles. The minimum Gasteiger partial charge on any atom is -0.348 e. The first-order valence-electron chi connectivity index (χ1n) is 9.51. The highest BCUT2D eigenvalue weighted by Crippen LogP contribution is 2.27. The van der Waals surface area contributed by atoms with Crippen molar-refractivity contribution in [3.8, 4) is 0 Å². The number of carbonyl (C=O) groups is 3. The molecule has 0 aliphatic rings. The van der Waals surface area contributed by atoms with Gasteiger partial charge in [-0.1, -0.05) is 61.3 Å². The zero-order valence-corrected chi connectivity index (χ0v) is 18.2. The van der Waals surface area contributed by atoms with E-state index >= 15 is 0 Å². The maximum Gasteiger partial charge on any atom is 0.243 e. The summed E-state index contributed by atoms with van der Waals surface area (Å²) in [6, 6.07) is -1.39. The van der Waals surface area contributed by atoms with Crippen LogP contribution in [0.4, 0.5) is 0 Å². The molecule has 2 unspecified atom stereocenters. The number of carbonyl (C=O) groups excluding carboxylic acids is 3. The molecule has 0 fully saturated rings. The highest BCUT2D eigenvalue weighted by molar-refractivity contribution is 5.89. The first kappa shape index (κ1) is 25.6. The van der Waals surface area contributed by atoms with E-state index in [1.807, 2.05) is 41.5 Å². The van der Waals surface area contributed by atoms with Crippen LogP contribution in [0, 0.1) is 10.8 Å². The predicted octanol–water partition coefficient (Wildman–Crippen LogP) is 2.87. The predicted molar refractivity (Wildman–Crippen MR) is 115 cm³/mol. The summed E-state index contributed by atoms with van der Waals surface area (Å²) in [5.41, 5.74) is -0.268. The van der Waals surface area contributed by atoms with Crippen LogP contribution in [0.3, 0.4) is 0 Å². The molecule has 0 bridgehead atoms. The summed E-state index contributed by atoms with van der Waals surface area (Å²) >= 11 is 0. The van der Waals surface area contributed by atoms with Crippen LogP contribution in [0.15, 0.2) is 38.0 Å². The van der Waals surface area contributed by atoms with Crippen molar-refractivity contribution in [3.63, 3.8) is 0 Å². The Bertz CT molecular complexity index is 555. The molecule has 0 rings (SSSR count). The van der Waals surface area contributed by atoms with E-state index in [1.165, 1.54) is 18.2 Å². The lowest BCUT2D eigenvalue weighted by molar-refractivity contribution is -0.121. The molecule has 3 N–H and O–H groups in total. The fourth-order valence-electron chi connectivity index (χ4n) is 3.04. The van der Waals surface area contributed by atoms with Crippen LogP contribution >= 0.6 is 0 Å². The van der Waals surface area contributed by atoms with Crippen molar-refractivity contribution < 1.29 is 14.4 Å². The molecule has 6 heteroatoms. The minimum atomic E-state index is -0.545. The average molecular weight is 392 g/mol. The Morgan fingerprint density at radius 3 is 1.21 bits per heavy atom. The van der Waals surface area contributed by atoms with E-state index in [0.29, 0.717) is 12.8 Å². The summed E-state index contributed by atoms with van der Waals surface area (Å²) in [7, 11) is 0. The number of hydrogen-bond acceptors (Lipinski definition) is 3. The lowest BCUT2D eigenvalue weighted by Crippen LogP contribution is -2.62. The second kappa shape index (κ2) is 10.8. The van der Waals surface area contributed by atoms with Crippen molar-refractivity contribution in [2.24, 2.45) is 10.8 Å². The van der Waals surface area contributed by atoms with E-state index in [2.05, 4.69) is 35.7 Å². The molecule has 0 aromatic rings. The SMILES string of the molecule is C=CC(=O)NC(CC(C)(C)C)C(NC(=O)C=C)C(CC(C)(C)C)NC(=O)C=C. The highest BCUT2D eigenvalue weighted by Gasteiger charge is 2.36. The van der Waals surface area contributed by atoms with Gasteiger partial charge in [0.15, 0.2) is 0 Å². The van der Waals surface area contributed by atoms with Gasteiger partial charge >= 0.3 is 0 Å². The van der Waals surface area contributed by atoms with Gasteiger partial charge in [0, 0.05) is 0 Å². The zero-order valence-electron chi connectivity index (χ0n) is 18.2. The Labute approximate surface area is 169 Å². The molecule has 0 aromatic carbocycles. The van der Waals surface area contributed by atoms with Crippen LogP contribution in [0.1, 0.15) is 54.4 Å². The largest absolute Gasteiger partial charge is 0.348 e. The van der Waals surface area contributed by atoms with Gasteiger partial charge < -0.3 is 16.0 Å². The monoisotopic (exact) mass is 391 g/mol.